The van der Waals surface area contributed by atoms with Gasteiger partial charge in [-0.2, -0.15) is 0 Å². The summed E-state index contributed by atoms with van der Waals surface area (Å²) in [5.74, 6) is -0.0539. The van der Waals surface area contributed by atoms with E-state index in [2.05, 4.69) is 5.32 Å². The van der Waals surface area contributed by atoms with Crippen molar-refractivity contribution >= 4 is 22.5 Å². The molecule has 112 valence electrons. The van der Waals surface area contributed by atoms with E-state index in [1.807, 2.05) is 55.1 Å². The number of amides is 1. The number of carbonyl (C=O) groups is 1. The fourth-order valence-electron chi connectivity index (χ4n) is 2.68. The first-order valence-electron chi connectivity index (χ1n) is 7.17. The summed E-state index contributed by atoms with van der Waals surface area (Å²) in [5.41, 5.74) is 3.46. The highest BCUT2D eigenvalue weighted by atomic mass is 16.3. The van der Waals surface area contributed by atoms with Crippen LogP contribution in [0.5, 0.6) is 5.75 Å². The molecule has 1 heterocycles. The number of aryl methyl sites for hydroxylation is 2. The molecule has 0 radical (unpaired) electrons. The summed E-state index contributed by atoms with van der Waals surface area (Å²) in [6, 6.07) is 13.2. The van der Waals surface area contributed by atoms with Crippen LogP contribution in [0.4, 0.5) is 5.69 Å². The fraction of sp³-hybridized carbons (Fsp3) is 0.167. The van der Waals surface area contributed by atoms with Crippen molar-refractivity contribution in [3.8, 4) is 5.75 Å². The van der Waals surface area contributed by atoms with Gasteiger partial charge in [0.05, 0.1) is 12.1 Å². The first-order chi connectivity index (χ1) is 10.5. The van der Waals surface area contributed by atoms with E-state index in [1.165, 1.54) is 0 Å². The monoisotopic (exact) mass is 294 g/mol. The maximum atomic E-state index is 12.2. The van der Waals surface area contributed by atoms with E-state index in [4.69, 9.17) is 0 Å². The zero-order valence-corrected chi connectivity index (χ0v) is 12.6. The van der Waals surface area contributed by atoms with Gasteiger partial charge in [0.25, 0.3) is 0 Å². The molecule has 2 aromatic carbocycles. The van der Waals surface area contributed by atoms with Crippen molar-refractivity contribution in [2.75, 3.05) is 5.32 Å². The van der Waals surface area contributed by atoms with Crippen LogP contribution in [0.3, 0.4) is 0 Å². The molecule has 3 rings (SSSR count). The Morgan fingerprint density at radius 1 is 1.23 bits per heavy atom. The van der Waals surface area contributed by atoms with Gasteiger partial charge in [0.1, 0.15) is 5.75 Å². The van der Waals surface area contributed by atoms with Crippen molar-refractivity contribution < 1.29 is 9.90 Å². The molecule has 0 aliphatic rings. The molecule has 0 saturated heterocycles. The topological polar surface area (TPSA) is 54.3 Å². The number of phenols is 1. The summed E-state index contributed by atoms with van der Waals surface area (Å²) in [4.78, 5) is 12.2. The Balaban J connectivity index is 1.81. The van der Waals surface area contributed by atoms with E-state index >= 15 is 0 Å². The van der Waals surface area contributed by atoms with Gasteiger partial charge < -0.3 is 15.0 Å². The van der Waals surface area contributed by atoms with E-state index in [0.717, 1.165) is 22.0 Å². The SMILES string of the molecule is Cc1ccc(NC(=O)Cc2cn(C)c3ccccc23)c(O)c1. The van der Waals surface area contributed by atoms with Crippen molar-refractivity contribution in [2.24, 2.45) is 7.05 Å². The predicted octanol–water partition coefficient (Wildman–Crippen LogP) is 3.37. The summed E-state index contributed by atoms with van der Waals surface area (Å²) in [5, 5.41) is 13.7. The number of fused-ring (bicyclic) bond motifs is 1. The van der Waals surface area contributed by atoms with Gasteiger partial charge in [0.15, 0.2) is 0 Å². The lowest BCUT2D eigenvalue weighted by Crippen LogP contribution is -2.14. The second-order valence-corrected chi connectivity index (χ2v) is 5.53. The highest BCUT2D eigenvalue weighted by Gasteiger charge is 2.12. The standard InChI is InChI=1S/C18H18N2O2/c1-12-7-8-15(17(21)9-12)19-18(22)10-13-11-20(2)16-6-4-3-5-14(13)16/h3-9,11,21H,10H2,1-2H3,(H,19,22). The van der Waals surface area contributed by atoms with Gasteiger partial charge in [0.2, 0.25) is 5.91 Å². The molecule has 1 aromatic heterocycles. The lowest BCUT2D eigenvalue weighted by molar-refractivity contribution is -0.115. The number of phenolic OH excluding ortho intramolecular Hbond substituents is 1. The zero-order valence-electron chi connectivity index (χ0n) is 12.6. The number of nitrogens with one attached hydrogen (secondary N) is 1. The molecular formula is C18H18N2O2. The van der Waals surface area contributed by atoms with Gasteiger partial charge in [-0.3, -0.25) is 4.79 Å². The third-order valence-corrected chi connectivity index (χ3v) is 3.76. The van der Waals surface area contributed by atoms with Crippen LogP contribution in [0, 0.1) is 6.92 Å². The van der Waals surface area contributed by atoms with Crippen molar-refractivity contribution in [3.63, 3.8) is 0 Å². The Morgan fingerprint density at radius 3 is 2.77 bits per heavy atom. The van der Waals surface area contributed by atoms with E-state index in [-0.39, 0.29) is 18.1 Å². The third kappa shape index (κ3) is 2.68. The quantitative estimate of drug-likeness (QED) is 0.728. The number of anilines is 1. The highest BCUT2D eigenvalue weighted by Crippen LogP contribution is 2.25. The number of hydrogen-bond acceptors (Lipinski definition) is 2. The molecule has 0 atom stereocenters. The second-order valence-electron chi connectivity index (χ2n) is 5.53. The highest BCUT2D eigenvalue weighted by molar-refractivity contribution is 5.96. The average molecular weight is 294 g/mol. The maximum Gasteiger partial charge on any atom is 0.228 e. The normalized spacial score (nSPS) is 10.8. The number of benzene rings is 2. The molecule has 0 unspecified atom stereocenters. The van der Waals surface area contributed by atoms with Crippen LogP contribution in [0.15, 0.2) is 48.7 Å². The first kappa shape index (κ1) is 14.2. The molecule has 0 spiro atoms. The largest absolute Gasteiger partial charge is 0.506 e. The van der Waals surface area contributed by atoms with Crippen molar-refractivity contribution in [1.82, 2.24) is 4.57 Å². The Morgan fingerprint density at radius 2 is 2.00 bits per heavy atom. The lowest BCUT2D eigenvalue weighted by atomic mass is 10.1. The minimum atomic E-state index is -0.143. The van der Waals surface area contributed by atoms with Crippen LogP contribution in [-0.2, 0) is 18.3 Å². The molecule has 0 aliphatic carbocycles. The fourth-order valence-corrected chi connectivity index (χ4v) is 2.68. The van der Waals surface area contributed by atoms with E-state index in [0.29, 0.717) is 5.69 Å². The summed E-state index contributed by atoms with van der Waals surface area (Å²) in [7, 11) is 1.97. The van der Waals surface area contributed by atoms with E-state index in [1.54, 1.807) is 12.1 Å². The molecule has 0 saturated carbocycles. The molecule has 0 fully saturated rings. The summed E-state index contributed by atoms with van der Waals surface area (Å²) < 4.78 is 2.02. The molecule has 3 aromatic rings. The van der Waals surface area contributed by atoms with Gasteiger partial charge in [-0.15, -0.1) is 0 Å². The molecule has 22 heavy (non-hydrogen) atoms. The Bertz CT molecular complexity index is 849. The molecule has 4 heteroatoms. The number of para-hydroxylation sites is 1. The Hall–Kier alpha value is -2.75. The average Bonchev–Trinajstić information content (AvgIpc) is 2.79. The first-order valence-corrected chi connectivity index (χ1v) is 7.17. The van der Waals surface area contributed by atoms with Crippen LogP contribution in [-0.4, -0.2) is 15.6 Å². The van der Waals surface area contributed by atoms with Crippen LogP contribution < -0.4 is 5.32 Å². The zero-order chi connectivity index (χ0) is 15.7. The Labute approximate surface area is 129 Å². The number of aromatic hydroxyl groups is 1. The number of hydrogen-bond donors (Lipinski definition) is 2. The molecule has 2 N–H and O–H groups in total. The molecule has 0 bridgehead atoms. The van der Waals surface area contributed by atoms with Crippen molar-refractivity contribution in [3.05, 3.63) is 59.8 Å². The van der Waals surface area contributed by atoms with Crippen molar-refractivity contribution in [1.29, 1.82) is 0 Å². The number of carbonyl (C=O) groups excluding carboxylic acids is 1. The smallest absolute Gasteiger partial charge is 0.228 e. The predicted molar refractivity (Wildman–Crippen MR) is 88.1 cm³/mol. The Kier molecular flexibility index (Phi) is 3.59. The van der Waals surface area contributed by atoms with Crippen LogP contribution in [0.1, 0.15) is 11.1 Å². The van der Waals surface area contributed by atoms with Gasteiger partial charge in [-0.1, -0.05) is 24.3 Å². The lowest BCUT2D eigenvalue weighted by Gasteiger charge is -2.07. The summed E-state index contributed by atoms with van der Waals surface area (Å²) >= 11 is 0. The molecular weight excluding hydrogens is 276 g/mol. The number of aromatic nitrogens is 1. The minimum Gasteiger partial charge on any atom is -0.506 e. The second kappa shape index (κ2) is 5.56. The minimum absolute atomic E-state index is 0.0891. The van der Waals surface area contributed by atoms with Gasteiger partial charge in [0, 0.05) is 24.1 Å². The summed E-state index contributed by atoms with van der Waals surface area (Å²) in [6.45, 7) is 1.89. The molecule has 4 nitrogen and oxygen atoms in total. The molecule has 0 aliphatic heterocycles. The maximum absolute atomic E-state index is 12.2. The van der Waals surface area contributed by atoms with Crippen LogP contribution >= 0.6 is 0 Å². The van der Waals surface area contributed by atoms with Gasteiger partial charge in [-0.25, -0.2) is 0 Å². The van der Waals surface area contributed by atoms with E-state index < -0.39 is 0 Å². The number of nitrogens with zero attached hydrogens (tertiary/aromatic N) is 1. The summed E-state index contributed by atoms with van der Waals surface area (Å²) in [6.07, 6.45) is 2.24. The third-order valence-electron chi connectivity index (χ3n) is 3.76. The van der Waals surface area contributed by atoms with E-state index in [9.17, 15) is 9.90 Å². The van der Waals surface area contributed by atoms with Crippen molar-refractivity contribution in [2.45, 2.75) is 13.3 Å². The van der Waals surface area contributed by atoms with Crippen LogP contribution in [0.2, 0.25) is 0 Å². The van der Waals surface area contributed by atoms with Gasteiger partial charge >= 0.3 is 0 Å². The number of rotatable bonds is 3. The van der Waals surface area contributed by atoms with Crippen LogP contribution in [0.25, 0.3) is 10.9 Å². The molecule has 1 amide bonds. The van der Waals surface area contributed by atoms with Gasteiger partial charge in [-0.05, 0) is 36.2 Å².